The van der Waals surface area contributed by atoms with Crippen LogP contribution in [0, 0.1) is 0 Å². The van der Waals surface area contributed by atoms with Crippen molar-refractivity contribution in [2.24, 2.45) is 0 Å². The second kappa shape index (κ2) is 9.16. The van der Waals surface area contributed by atoms with Crippen molar-refractivity contribution in [2.75, 3.05) is 20.3 Å². The largest absolute Gasteiger partial charge is 0.497 e. The van der Waals surface area contributed by atoms with Crippen molar-refractivity contribution in [2.45, 2.75) is 31.7 Å². The Balaban J connectivity index is 1.38. The SMILES string of the molecule is COc1ccc2c(Oc3ccc(OCCC4CCCCN4)cc3)c(Br)sc2c1. The zero-order valence-electron chi connectivity index (χ0n) is 15.9. The lowest BCUT2D eigenvalue weighted by Gasteiger charge is -2.23. The van der Waals surface area contributed by atoms with Crippen molar-refractivity contribution >= 4 is 37.4 Å². The van der Waals surface area contributed by atoms with Gasteiger partial charge in [0.1, 0.15) is 21.0 Å². The second-order valence-electron chi connectivity index (χ2n) is 6.92. The number of halogens is 1. The van der Waals surface area contributed by atoms with Gasteiger partial charge in [-0.2, -0.15) is 0 Å². The van der Waals surface area contributed by atoms with Crippen LogP contribution in [0.5, 0.6) is 23.0 Å². The van der Waals surface area contributed by atoms with Gasteiger partial charge in [-0.3, -0.25) is 0 Å². The smallest absolute Gasteiger partial charge is 0.160 e. The van der Waals surface area contributed by atoms with E-state index in [-0.39, 0.29) is 0 Å². The molecule has 0 amide bonds. The molecule has 1 saturated heterocycles. The normalized spacial score (nSPS) is 16.9. The molecular weight excluding hydrogens is 438 g/mol. The van der Waals surface area contributed by atoms with Crippen molar-refractivity contribution in [3.05, 3.63) is 46.3 Å². The standard InChI is InChI=1S/C22H24BrNO3S/c1-25-18-9-10-19-20(14-18)28-22(23)21(19)27-17-7-5-16(6-8-17)26-13-11-15-4-2-3-12-24-15/h5-10,14-15,24H,2-4,11-13H2,1H3. The van der Waals surface area contributed by atoms with E-state index in [1.165, 1.54) is 19.3 Å². The number of thiophene rings is 1. The molecule has 1 unspecified atom stereocenters. The minimum absolute atomic E-state index is 0.596. The Labute approximate surface area is 177 Å². The van der Waals surface area contributed by atoms with Crippen molar-refractivity contribution in [3.8, 4) is 23.0 Å². The first kappa shape index (κ1) is 19.6. The van der Waals surface area contributed by atoms with Gasteiger partial charge in [-0.1, -0.05) is 6.42 Å². The molecule has 2 aromatic carbocycles. The molecule has 0 saturated carbocycles. The number of hydrogen-bond donors (Lipinski definition) is 1. The van der Waals surface area contributed by atoms with E-state index >= 15 is 0 Å². The predicted octanol–water partition coefficient (Wildman–Crippen LogP) is 6.38. The maximum absolute atomic E-state index is 6.15. The summed E-state index contributed by atoms with van der Waals surface area (Å²) in [6, 6.07) is 14.4. The first-order valence-corrected chi connectivity index (χ1v) is 11.2. The fraction of sp³-hybridized carbons (Fsp3) is 0.364. The summed E-state index contributed by atoms with van der Waals surface area (Å²) >= 11 is 5.26. The van der Waals surface area contributed by atoms with Crippen molar-refractivity contribution in [1.29, 1.82) is 0 Å². The number of piperidine rings is 1. The molecule has 0 radical (unpaired) electrons. The summed E-state index contributed by atoms with van der Waals surface area (Å²) in [5.74, 6) is 3.34. The minimum Gasteiger partial charge on any atom is -0.497 e. The first-order valence-electron chi connectivity index (χ1n) is 9.63. The van der Waals surface area contributed by atoms with Crippen LogP contribution in [0.15, 0.2) is 46.3 Å². The van der Waals surface area contributed by atoms with Gasteiger partial charge in [-0.05, 0) is 84.2 Å². The molecule has 1 aromatic heterocycles. The minimum atomic E-state index is 0.596. The van der Waals surface area contributed by atoms with Gasteiger partial charge in [-0.25, -0.2) is 0 Å². The van der Waals surface area contributed by atoms with Gasteiger partial charge >= 0.3 is 0 Å². The van der Waals surface area contributed by atoms with Crippen LogP contribution in [0.4, 0.5) is 0 Å². The Morgan fingerprint density at radius 3 is 2.61 bits per heavy atom. The van der Waals surface area contributed by atoms with Crippen LogP contribution in [0.2, 0.25) is 0 Å². The maximum atomic E-state index is 6.15. The Kier molecular flexibility index (Phi) is 6.40. The van der Waals surface area contributed by atoms with E-state index in [0.29, 0.717) is 6.04 Å². The number of hydrogen-bond acceptors (Lipinski definition) is 5. The highest BCUT2D eigenvalue weighted by molar-refractivity contribution is 9.11. The Morgan fingerprint density at radius 1 is 1.07 bits per heavy atom. The van der Waals surface area contributed by atoms with Crippen LogP contribution in [-0.4, -0.2) is 26.3 Å². The summed E-state index contributed by atoms with van der Waals surface area (Å²) in [7, 11) is 1.68. The summed E-state index contributed by atoms with van der Waals surface area (Å²) in [6.07, 6.45) is 4.92. The molecule has 28 heavy (non-hydrogen) atoms. The number of rotatable bonds is 7. The first-order chi connectivity index (χ1) is 13.7. The van der Waals surface area contributed by atoms with Crippen LogP contribution in [0.1, 0.15) is 25.7 Å². The summed E-state index contributed by atoms with van der Waals surface area (Å²) in [6.45, 7) is 1.87. The van der Waals surface area contributed by atoms with Gasteiger partial charge in [0, 0.05) is 16.1 Å². The van der Waals surface area contributed by atoms with E-state index in [9.17, 15) is 0 Å². The number of methoxy groups -OCH3 is 1. The molecule has 1 aliphatic rings. The summed E-state index contributed by atoms with van der Waals surface area (Å²) in [4.78, 5) is 0. The molecule has 6 heteroatoms. The van der Waals surface area contributed by atoms with Crippen LogP contribution >= 0.6 is 27.3 Å². The number of nitrogens with one attached hydrogen (secondary N) is 1. The summed E-state index contributed by atoms with van der Waals surface area (Å²) in [5, 5.41) is 4.62. The molecule has 1 N–H and O–H groups in total. The van der Waals surface area contributed by atoms with Crippen molar-refractivity contribution in [1.82, 2.24) is 5.32 Å². The average Bonchev–Trinajstić information content (AvgIpc) is 3.04. The zero-order chi connectivity index (χ0) is 19.3. The molecule has 0 spiro atoms. The monoisotopic (exact) mass is 461 g/mol. The van der Waals surface area contributed by atoms with Gasteiger partial charge in [-0.15, -0.1) is 11.3 Å². The fourth-order valence-corrected chi connectivity index (χ4v) is 5.16. The lowest BCUT2D eigenvalue weighted by Crippen LogP contribution is -2.35. The predicted molar refractivity (Wildman–Crippen MR) is 118 cm³/mol. The third-order valence-corrected chi connectivity index (χ3v) is 6.77. The molecule has 0 bridgehead atoms. The second-order valence-corrected chi connectivity index (χ2v) is 9.29. The van der Waals surface area contributed by atoms with Crippen LogP contribution in [0.25, 0.3) is 10.1 Å². The molecule has 148 valence electrons. The number of fused-ring (bicyclic) bond motifs is 1. The van der Waals surface area contributed by atoms with E-state index in [1.807, 2.05) is 42.5 Å². The molecule has 3 aromatic rings. The zero-order valence-corrected chi connectivity index (χ0v) is 18.3. The fourth-order valence-electron chi connectivity index (χ4n) is 3.46. The highest BCUT2D eigenvalue weighted by Crippen LogP contribution is 2.44. The van der Waals surface area contributed by atoms with E-state index in [1.54, 1.807) is 18.4 Å². The van der Waals surface area contributed by atoms with Crippen LogP contribution in [0.3, 0.4) is 0 Å². The summed E-state index contributed by atoms with van der Waals surface area (Å²) < 4.78 is 19.4. The van der Waals surface area contributed by atoms with E-state index < -0.39 is 0 Å². The summed E-state index contributed by atoms with van der Waals surface area (Å²) in [5.41, 5.74) is 0. The third kappa shape index (κ3) is 4.62. The van der Waals surface area contributed by atoms with Gasteiger partial charge < -0.3 is 19.5 Å². The maximum Gasteiger partial charge on any atom is 0.160 e. The molecule has 0 aliphatic carbocycles. The lowest BCUT2D eigenvalue weighted by atomic mass is 10.0. The molecule has 4 rings (SSSR count). The Hall–Kier alpha value is -1.76. The van der Waals surface area contributed by atoms with Crippen molar-refractivity contribution < 1.29 is 14.2 Å². The van der Waals surface area contributed by atoms with Crippen LogP contribution < -0.4 is 19.5 Å². The quantitative estimate of drug-likeness (QED) is 0.443. The molecular formula is C22H24BrNO3S. The third-order valence-electron chi connectivity index (χ3n) is 5.00. The van der Waals surface area contributed by atoms with Gasteiger partial charge in [0.2, 0.25) is 0 Å². The van der Waals surface area contributed by atoms with Crippen molar-refractivity contribution in [3.63, 3.8) is 0 Å². The van der Waals surface area contributed by atoms with E-state index in [2.05, 4.69) is 21.2 Å². The highest BCUT2D eigenvalue weighted by atomic mass is 79.9. The Morgan fingerprint density at radius 2 is 1.86 bits per heavy atom. The van der Waals surface area contributed by atoms with Gasteiger partial charge in [0.15, 0.2) is 5.75 Å². The Bertz CT molecular complexity index is 919. The highest BCUT2D eigenvalue weighted by Gasteiger charge is 2.14. The topological polar surface area (TPSA) is 39.7 Å². The molecule has 4 nitrogen and oxygen atoms in total. The number of ether oxygens (including phenoxy) is 3. The van der Waals surface area contributed by atoms with Gasteiger partial charge in [0.25, 0.3) is 0 Å². The average molecular weight is 462 g/mol. The van der Waals surface area contributed by atoms with Gasteiger partial charge in [0.05, 0.1) is 13.7 Å². The molecule has 2 heterocycles. The number of benzene rings is 2. The molecule has 1 aliphatic heterocycles. The lowest BCUT2D eigenvalue weighted by molar-refractivity contribution is 0.268. The van der Waals surface area contributed by atoms with Crippen LogP contribution in [-0.2, 0) is 0 Å². The molecule has 1 fully saturated rings. The van der Waals surface area contributed by atoms with E-state index in [4.69, 9.17) is 14.2 Å². The molecule has 1 atom stereocenters. The van der Waals surface area contributed by atoms with E-state index in [0.717, 1.165) is 56.4 Å².